The van der Waals surface area contributed by atoms with Crippen LogP contribution in [0.4, 0.5) is 34.1 Å². The van der Waals surface area contributed by atoms with Gasteiger partial charge in [-0.2, -0.15) is 0 Å². The van der Waals surface area contributed by atoms with Gasteiger partial charge in [0.2, 0.25) is 0 Å². The normalized spacial score (nSPS) is 13.3. The van der Waals surface area contributed by atoms with Gasteiger partial charge in [-0.15, -0.1) is 0 Å². The Hall–Kier alpha value is -11.1. The fraction of sp³-hybridized carbons (Fsp3) is 0.0682. The maximum absolute atomic E-state index is 2.52. The van der Waals surface area contributed by atoms with Crippen LogP contribution in [0, 0.1) is 0 Å². The Bertz CT molecular complexity index is 5140. The molecule has 0 atom stereocenters. The van der Waals surface area contributed by atoms with E-state index in [1.54, 1.807) is 0 Å². The molecule has 0 saturated heterocycles. The minimum Gasteiger partial charge on any atom is -0.311 e. The van der Waals surface area contributed by atoms with Crippen LogP contribution in [-0.2, 0) is 10.8 Å². The molecule has 426 valence electrons. The van der Waals surface area contributed by atoms with E-state index >= 15 is 0 Å². The first-order valence-electron chi connectivity index (χ1n) is 31.6. The molecule has 0 radical (unpaired) electrons. The molecule has 0 fully saturated rings. The molecule has 0 saturated carbocycles. The van der Waals surface area contributed by atoms with E-state index in [1.807, 2.05) is 0 Å². The molecule has 0 amide bonds. The Labute approximate surface area is 526 Å². The van der Waals surface area contributed by atoms with Gasteiger partial charge in [-0.05, 0) is 223 Å². The Morgan fingerprint density at radius 3 is 0.700 bits per heavy atom. The van der Waals surface area contributed by atoms with Gasteiger partial charge in [0.05, 0.1) is 0 Å². The first kappa shape index (κ1) is 53.2. The van der Waals surface area contributed by atoms with Crippen molar-refractivity contribution in [2.45, 2.75) is 38.5 Å². The van der Waals surface area contributed by atoms with Crippen molar-refractivity contribution < 1.29 is 0 Å². The van der Waals surface area contributed by atoms with Gasteiger partial charge in [-0.25, -0.2) is 0 Å². The third kappa shape index (κ3) is 8.32. The molecule has 2 aliphatic carbocycles. The van der Waals surface area contributed by atoms with Crippen molar-refractivity contribution >= 4 is 77.2 Å². The highest BCUT2D eigenvalue weighted by Gasteiger charge is 2.39. The second-order valence-electron chi connectivity index (χ2n) is 25.5. The lowest BCUT2D eigenvalue weighted by Crippen LogP contribution is -2.16. The van der Waals surface area contributed by atoms with E-state index < -0.39 is 0 Å². The van der Waals surface area contributed by atoms with Gasteiger partial charge in [-0.1, -0.05) is 252 Å². The van der Waals surface area contributed by atoms with E-state index in [0.717, 1.165) is 34.1 Å². The molecule has 0 N–H and O–H groups in total. The summed E-state index contributed by atoms with van der Waals surface area (Å²) >= 11 is 0. The van der Waals surface area contributed by atoms with Crippen molar-refractivity contribution in [3.63, 3.8) is 0 Å². The summed E-state index contributed by atoms with van der Waals surface area (Å²) in [6, 6.07) is 117. The predicted octanol–water partition coefficient (Wildman–Crippen LogP) is 24.5. The molecule has 0 unspecified atom stereocenters. The molecular formula is C88H64N2. The van der Waals surface area contributed by atoms with E-state index in [1.165, 1.54) is 132 Å². The quantitative estimate of drug-likeness (QED) is 0.126. The van der Waals surface area contributed by atoms with Crippen molar-refractivity contribution in [1.29, 1.82) is 0 Å². The van der Waals surface area contributed by atoms with Crippen LogP contribution in [0.1, 0.15) is 49.9 Å². The lowest BCUT2D eigenvalue weighted by molar-refractivity contribution is 0.660. The van der Waals surface area contributed by atoms with E-state index in [9.17, 15) is 0 Å². The van der Waals surface area contributed by atoms with Gasteiger partial charge in [0.1, 0.15) is 0 Å². The fourth-order valence-electron chi connectivity index (χ4n) is 15.5. The molecular weight excluding hydrogens is 1080 g/mol. The molecule has 2 aliphatic rings. The Morgan fingerprint density at radius 1 is 0.189 bits per heavy atom. The molecule has 2 heteroatoms. The van der Waals surface area contributed by atoms with Gasteiger partial charge in [0.25, 0.3) is 0 Å². The molecule has 90 heavy (non-hydrogen) atoms. The summed E-state index contributed by atoms with van der Waals surface area (Å²) in [6.45, 7) is 9.68. The van der Waals surface area contributed by atoms with Crippen molar-refractivity contribution in [2.24, 2.45) is 0 Å². The number of nitrogens with zero attached hydrogens (tertiary/aromatic N) is 2. The van der Waals surface area contributed by atoms with Crippen molar-refractivity contribution in [3.05, 3.63) is 338 Å². The van der Waals surface area contributed by atoms with Crippen LogP contribution in [-0.4, -0.2) is 0 Å². The smallest absolute Gasteiger partial charge is 0.0465 e. The minimum atomic E-state index is -0.278. The van der Waals surface area contributed by atoms with Gasteiger partial charge in [-0.3, -0.25) is 0 Å². The Morgan fingerprint density at radius 2 is 0.400 bits per heavy atom. The maximum Gasteiger partial charge on any atom is 0.0465 e. The highest BCUT2D eigenvalue weighted by atomic mass is 15.1. The molecule has 15 aromatic rings. The van der Waals surface area contributed by atoms with E-state index in [4.69, 9.17) is 0 Å². The topological polar surface area (TPSA) is 6.48 Å². The van der Waals surface area contributed by atoms with Crippen LogP contribution < -0.4 is 9.80 Å². The number of hydrogen-bond donors (Lipinski definition) is 0. The fourth-order valence-corrected chi connectivity index (χ4v) is 15.5. The minimum absolute atomic E-state index is 0.243. The number of para-hydroxylation sites is 4. The summed E-state index contributed by atoms with van der Waals surface area (Å²) in [7, 11) is 0. The molecule has 15 aromatic carbocycles. The molecule has 0 bridgehead atoms. The highest BCUT2D eigenvalue weighted by molar-refractivity contribution is 6.23. The second-order valence-corrected chi connectivity index (χ2v) is 25.5. The summed E-state index contributed by atoms with van der Waals surface area (Å²) in [5, 5.41) is 10.0. The zero-order chi connectivity index (χ0) is 60.2. The zero-order valence-corrected chi connectivity index (χ0v) is 50.9. The molecule has 0 heterocycles. The van der Waals surface area contributed by atoms with E-state index in [0.29, 0.717) is 0 Å². The first-order chi connectivity index (χ1) is 44.2. The first-order valence-corrected chi connectivity index (χ1v) is 31.6. The summed E-state index contributed by atoms with van der Waals surface area (Å²) < 4.78 is 0. The van der Waals surface area contributed by atoms with E-state index in [2.05, 4.69) is 353 Å². The van der Waals surface area contributed by atoms with Crippen LogP contribution in [0.25, 0.3) is 110 Å². The van der Waals surface area contributed by atoms with E-state index in [-0.39, 0.29) is 10.8 Å². The standard InChI is InChI=1S/C88H64N2/c1-87(2)79-53-58(84-73-35-19-17-33-71(73)83(72-34-18-20-36-74(72)84)57-41-46-65(47-42-57)89(61-25-9-5-10-26-61)62-27-11-6-12-28-62)43-49-67(79)68-50-44-59(54-80(68)87)85-75-37-21-23-39-77(75)86(78-40-24-22-38-76(78)85)60-45-51-69-70-52-48-66(56-82(70)88(3,4)81(69)55-60)90(63-29-13-7-14-30-63)64-31-15-8-16-32-64/h5-56H,1-4H3. The summed E-state index contributed by atoms with van der Waals surface area (Å²) in [4.78, 5) is 4.70. The number of rotatable bonds is 10. The third-order valence-corrected chi connectivity index (χ3v) is 19.8. The van der Waals surface area contributed by atoms with Gasteiger partial charge in [0, 0.05) is 45.0 Å². The van der Waals surface area contributed by atoms with Gasteiger partial charge >= 0.3 is 0 Å². The van der Waals surface area contributed by atoms with Crippen LogP contribution >= 0.6 is 0 Å². The predicted molar refractivity (Wildman–Crippen MR) is 383 cm³/mol. The van der Waals surface area contributed by atoms with Crippen molar-refractivity contribution in [1.82, 2.24) is 0 Å². The van der Waals surface area contributed by atoms with Gasteiger partial charge < -0.3 is 9.80 Å². The molecule has 17 rings (SSSR count). The average molecular weight is 1150 g/mol. The molecule has 0 aliphatic heterocycles. The molecule has 2 nitrogen and oxygen atoms in total. The lowest BCUT2D eigenvalue weighted by atomic mass is 9.79. The summed E-state index contributed by atoms with van der Waals surface area (Å²) in [5.41, 5.74) is 26.9. The van der Waals surface area contributed by atoms with Crippen LogP contribution in [0.5, 0.6) is 0 Å². The van der Waals surface area contributed by atoms with Crippen LogP contribution in [0.3, 0.4) is 0 Å². The highest BCUT2D eigenvalue weighted by Crippen LogP contribution is 2.56. The second kappa shape index (κ2) is 20.8. The average Bonchev–Trinajstić information content (AvgIpc) is 2.34. The van der Waals surface area contributed by atoms with Crippen molar-refractivity contribution in [2.75, 3.05) is 9.80 Å². The number of hydrogen-bond acceptors (Lipinski definition) is 2. The maximum atomic E-state index is 2.52. The SMILES string of the molecule is CC1(C)c2cc(-c3c4ccccc4c(-c4ccc(N(c5ccccc5)c5ccccc5)cc4)c4ccccc34)ccc2-c2ccc(-c3c4ccccc4c(-c4ccc5c(c4)C(C)(C)c4cc(N(c6ccccc6)c6ccccc6)ccc4-5)c4ccccc34)cc21. The van der Waals surface area contributed by atoms with Crippen molar-refractivity contribution in [3.8, 4) is 66.8 Å². The van der Waals surface area contributed by atoms with Gasteiger partial charge in [0.15, 0.2) is 0 Å². The number of anilines is 6. The lowest BCUT2D eigenvalue weighted by Gasteiger charge is -2.28. The largest absolute Gasteiger partial charge is 0.311 e. The number of benzene rings is 15. The Balaban J connectivity index is 0.738. The molecule has 0 spiro atoms. The summed E-state index contributed by atoms with van der Waals surface area (Å²) in [5.74, 6) is 0. The third-order valence-electron chi connectivity index (χ3n) is 19.8. The van der Waals surface area contributed by atoms with Crippen LogP contribution in [0.2, 0.25) is 0 Å². The molecule has 0 aromatic heterocycles. The zero-order valence-electron chi connectivity index (χ0n) is 50.9. The monoisotopic (exact) mass is 1150 g/mol. The van der Waals surface area contributed by atoms with Crippen LogP contribution in [0.15, 0.2) is 315 Å². The summed E-state index contributed by atoms with van der Waals surface area (Å²) in [6.07, 6.45) is 0. The Kier molecular flexibility index (Phi) is 12.3. The number of fused-ring (bicyclic) bond motifs is 10.